The Hall–Kier alpha value is -2.08. The highest BCUT2D eigenvalue weighted by molar-refractivity contribution is 5.74. The molecule has 0 aliphatic carbocycles. The Morgan fingerprint density at radius 1 is 1.50 bits per heavy atom. The Morgan fingerprint density at radius 2 is 2.14 bits per heavy atom. The van der Waals surface area contributed by atoms with Gasteiger partial charge in [-0.05, 0) is 17.7 Å². The first kappa shape index (κ1) is 10.0. The quantitative estimate of drug-likeness (QED) is 0.538. The van der Waals surface area contributed by atoms with Crippen molar-refractivity contribution in [3.8, 4) is 11.8 Å². The van der Waals surface area contributed by atoms with Crippen molar-refractivity contribution in [2.24, 2.45) is 0 Å². The third-order valence-corrected chi connectivity index (χ3v) is 1.57. The fourth-order valence-corrected chi connectivity index (χ4v) is 0.904. The third-order valence-electron chi connectivity index (χ3n) is 1.57. The van der Waals surface area contributed by atoms with E-state index >= 15 is 0 Å². The molecule has 1 rings (SSSR count). The molecule has 0 aromatic heterocycles. The van der Waals surface area contributed by atoms with Crippen molar-refractivity contribution < 1.29 is 9.53 Å². The Morgan fingerprint density at radius 3 is 2.64 bits per heavy atom. The average molecular weight is 187 g/mol. The summed E-state index contributed by atoms with van der Waals surface area (Å²) in [6.45, 7) is 3.60. The van der Waals surface area contributed by atoms with Gasteiger partial charge in [-0.25, -0.2) is 0 Å². The van der Waals surface area contributed by atoms with Crippen LogP contribution < -0.4 is 4.74 Å². The van der Waals surface area contributed by atoms with Crippen LogP contribution in [0.3, 0.4) is 0 Å². The van der Waals surface area contributed by atoms with Gasteiger partial charge in [-0.3, -0.25) is 4.79 Å². The van der Waals surface area contributed by atoms with Crippen LogP contribution in [-0.4, -0.2) is 5.97 Å². The number of hydrogen-bond acceptors (Lipinski definition) is 3. The molecule has 0 bridgehead atoms. The minimum absolute atomic E-state index is 0.233. The lowest BCUT2D eigenvalue weighted by atomic mass is 10.2. The number of ether oxygens (including phenoxy) is 1. The molecule has 0 heterocycles. The van der Waals surface area contributed by atoms with E-state index < -0.39 is 5.97 Å². The van der Waals surface area contributed by atoms with Gasteiger partial charge >= 0.3 is 5.97 Å². The molecule has 0 aliphatic rings. The molecule has 0 unspecified atom stereocenters. The molecule has 3 nitrogen and oxygen atoms in total. The van der Waals surface area contributed by atoms with E-state index in [0.717, 1.165) is 5.56 Å². The minimum atomic E-state index is -0.543. The molecule has 0 fully saturated rings. The van der Waals surface area contributed by atoms with Crippen LogP contribution >= 0.6 is 0 Å². The molecule has 70 valence electrons. The summed E-state index contributed by atoms with van der Waals surface area (Å²) < 4.78 is 4.86. The van der Waals surface area contributed by atoms with Gasteiger partial charge in [0.2, 0.25) is 0 Å². The number of carbonyl (C=O) groups is 1. The lowest BCUT2D eigenvalue weighted by Gasteiger charge is -2.01. The zero-order valence-corrected chi connectivity index (χ0v) is 7.56. The van der Waals surface area contributed by atoms with Crippen LogP contribution in [-0.2, 0) is 4.79 Å². The number of rotatable bonds is 3. The lowest BCUT2D eigenvalue weighted by Crippen LogP contribution is -2.05. The first-order chi connectivity index (χ1) is 6.76. The maximum Gasteiger partial charge on any atom is 0.325 e. The summed E-state index contributed by atoms with van der Waals surface area (Å²) in [5, 5.41) is 8.23. The maximum absolute atomic E-state index is 10.9. The van der Waals surface area contributed by atoms with Gasteiger partial charge < -0.3 is 4.74 Å². The van der Waals surface area contributed by atoms with Crippen molar-refractivity contribution in [2.45, 2.75) is 6.42 Å². The average Bonchev–Trinajstić information content (AvgIpc) is 2.19. The van der Waals surface area contributed by atoms with Crippen LogP contribution in [0.5, 0.6) is 5.75 Å². The number of esters is 1. The summed E-state index contributed by atoms with van der Waals surface area (Å²) in [5.41, 5.74) is 0.949. The highest BCUT2D eigenvalue weighted by Crippen LogP contribution is 2.13. The van der Waals surface area contributed by atoms with Crippen molar-refractivity contribution in [1.29, 1.82) is 5.26 Å². The first-order valence-electron chi connectivity index (χ1n) is 4.06. The van der Waals surface area contributed by atoms with E-state index in [1.54, 1.807) is 36.4 Å². The molecule has 1 aromatic carbocycles. The Labute approximate surface area is 82.2 Å². The summed E-state index contributed by atoms with van der Waals surface area (Å²) in [6, 6.07) is 8.60. The van der Waals surface area contributed by atoms with Crippen molar-refractivity contribution in [3.63, 3.8) is 0 Å². The number of nitriles is 1. The monoisotopic (exact) mass is 187 g/mol. The summed E-state index contributed by atoms with van der Waals surface area (Å²) in [7, 11) is 0. The minimum Gasteiger partial charge on any atom is -0.426 e. The van der Waals surface area contributed by atoms with Crippen molar-refractivity contribution >= 4 is 12.0 Å². The normalized spacial score (nSPS) is 8.79. The second kappa shape index (κ2) is 4.83. The molecule has 1 aromatic rings. The predicted molar refractivity (Wildman–Crippen MR) is 52.4 cm³/mol. The fraction of sp³-hybridized carbons (Fsp3) is 0.0909. The molecule has 3 heteroatoms. The second-order valence-electron chi connectivity index (χ2n) is 2.58. The van der Waals surface area contributed by atoms with Crippen LogP contribution in [0.2, 0.25) is 0 Å². The lowest BCUT2D eigenvalue weighted by molar-refractivity contribution is -0.133. The van der Waals surface area contributed by atoms with E-state index in [-0.39, 0.29) is 6.42 Å². The zero-order chi connectivity index (χ0) is 10.4. The van der Waals surface area contributed by atoms with Crippen LogP contribution in [0.25, 0.3) is 6.08 Å². The highest BCUT2D eigenvalue weighted by atomic mass is 16.5. The molecule has 0 radical (unpaired) electrons. The molecule has 0 saturated heterocycles. The van der Waals surface area contributed by atoms with Crippen LogP contribution in [0.1, 0.15) is 12.0 Å². The molecular formula is C11H9NO2. The summed E-state index contributed by atoms with van der Waals surface area (Å²) in [4.78, 5) is 10.9. The Balaban J connectivity index is 2.65. The molecule has 0 N–H and O–H groups in total. The van der Waals surface area contributed by atoms with Gasteiger partial charge in [-0.2, -0.15) is 5.26 Å². The van der Waals surface area contributed by atoms with Gasteiger partial charge in [0.05, 0.1) is 6.07 Å². The summed E-state index contributed by atoms with van der Waals surface area (Å²) in [5.74, 6) is -0.102. The number of benzene rings is 1. The molecule has 0 atom stereocenters. The van der Waals surface area contributed by atoms with Crippen molar-refractivity contribution in [3.05, 3.63) is 36.4 Å². The molecule has 0 aliphatic heterocycles. The first-order valence-corrected chi connectivity index (χ1v) is 4.06. The van der Waals surface area contributed by atoms with Gasteiger partial charge in [0, 0.05) is 0 Å². The van der Waals surface area contributed by atoms with Crippen LogP contribution in [0, 0.1) is 11.3 Å². The summed E-state index contributed by atoms with van der Waals surface area (Å²) >= 11 is 0. The summed E-state index contributed by atoms with van der Waals surface area (Å²) in [6.07, 6.45) is 1.46. The fourth-order valence-electron chi connectivity index (χ4n) is 0.904. The van der Waals surface area contributed by atoms with E-state index in [2.05, 4.69) is 6.58 Å². The van der Waals surface area contributed by atoms with E-state index in [9.17, 15) is 4.79 Å². The van der Waals surface area contributed by atoms with E-state index in [1.807, 2.05) is 0 Å². The number of hydrogen-bond donors (Lipinski definition) is 0. The third kappa shape index (κ3) is 2.76. The van der Waals surface area contributed by atoms with E-state index in [0.29, 0.717) is 5.75 Å². The molecular weight excluding hydrogens is 178 g/mol. The van der Waals surface area contributed by atoms with Crippen molar-refractivity contribution in [1.82, 2.24) is 0 Å². The smallest absolute Gasteiger partial charge is 0.325 e. The standard InChI is InChI=1S/C11H9NO2/c1-2-9-3-5-10(6-4-9)14-11(13)7-8-12/h2-6H,1,7H2. The SMILES string of the molecule is C=Cc1ccc(OC(=O)CC#N)cc1. The van der Waals surface area contributed by atoms with Gasteiger partial charge in [0.25, 0.3) is 0 Å². The van der Waals surface area contributed by atoms with Gasteiger partial charge in [0.1, 0.15) is 12.2 Å². The Bertz CT molecular complexity index is 373. The van der Waals surface area contributed by atoms with Crippen molar-refractivity contribution in [2.75, 3.05) is 0 Å². The van der Waals surface area contributed by atoms with Gasteiger partial charge in [-0.1, -0.05) is 24.8 Å². The highest BCUT2D eigenvalue weighted by Gasteiger charge is 2.02. The molecule has 0 spiro atoms. The zero-order valence-electron chi connectivity index (χ0n) is 7.56. The molecule has 0 saturated carbocycles. The van der Waals surface area contributed by atoms with Gasteiger partial charge in [0.15, 0.2) is 0 Å². The van der Waals surface area contributed by atoms with Gasteiger partial charge in [-0.15, -0.1) is 0 Å². The second-order valence-corrected chi connectivity index (χ2v) is 2.58. The Kier molecular flexibility index (Phi) is 3.45. The predicted octanol–water partition coefficient (Wildman–Crippen LogP) is 2.15. The largest absolute Gasteiger partial charge is 0.426 e. The van der Waals surface area contributed by atoms with E-state index in [4.69, 9.17) is 10.00 Å². The maximum atomic E-state index is 10.9. The number of nitrogens with zero attached hydrogens (tertiary/aromatic N) is 1. The molecule has 14 heavy (non-hydrogen) atoms. The van der Waals surface area contributed by atoms with Crippen LogP contribution in [0.4, 0.5) is 0 Å². The topological polar surface area (TPSA) is 50.1 Å². The van der Waals surface area contributed by atoms with Crippen LogP contribution in [0.15, 0.2) is 30.8 Å². The molecule has 0 amide bonds. The van der Waals surface area contributed by atoms with E-state index in [1.165, 1.54) is 0 Å². The number of carbonyl (C=O) groups excluding carboxylic acids is 1.